The van der Waals surface area contributed by atoms with Gasteiger partial charge in [-0.3, -0.25) is 4.79 Å². The first-order chi connectivity index (χ1) is 9.08. The summed E-state index contributed by atoms with van der Waals surface area (Å²) in [6.45, 7) is 3.13. The van der Waals surface area contributed by atoms with Crippen LogP contribution in [0.15, 0.2) is 18.3 Å². The van der Waals surface area contributed by atoms with Gasteiger partial charge in [0.1, 0.15) is 5.69 Å². The Kier molecular flexibility index (Phi) is 4.11. The summed E-state index contributed by atoms with van der Waals surface area (Å²) in [5, 5.41) is 11.6. The van der Waals surface area contributed by atoms with E-state index >= 15 is 0 Å². The van der Waals surface area contributed by atoms with Crippen LogP contribution >= 0.6 is 0 Å². The lowest BCUT2D eigenvalue weighted by Gasteiger charge is -2.27. The number of nitrogens with one attached hydrogen (secondary N) is 1. The lowest BCUT2D eigenvalue weighted by molar-refractivity contribution is -0.125. The van der Waals surface area contributed by atoms with Crippen LogP contribution in [0.1, 0.15) is 23.8 Å². The minimum Gasteiger partial charge on any atom is -0.477 e. The first-order valence-electron chi connectivity index (χ1n) is 6.16. The van der Waals surface area contributed by atoms with Gasteiger partial charge in [0.15, 0.2) is 0 Å². The number of hydrogen-bond donors (Lipinski definition) is 2. The number of ether oxygens (including phenoxy) is 1. The van der Waals surface area contributed by atoms with Gasteiger partial charge in [-0.05, 0) is 24.5 Å². The molecule has 6 heteroatoms. The van der Waals surface area contributed by atoms with Crippen molar-refractivity contribution in [1.29, 1.82) is 0 Å². The van der Waals surface area contributed by atoms with Gasteiger partial charge in [0, 0.05) is 31.0 Å². The Balaban J connectivity index is 2.06. The van der Waals surface area contributed by atoms with Crippen molar-refractivity contribution in [2.45, 2.75) is 13.3 Å². The highest BCUT2D eigenvalue weighted by Gasteiger charge is 2.28. The molecule has 1 saturated heterocycles. The number of aromatic carboxylic acids is 1. The van der Waals surface area contributed by atoms with Crippen LogP contribution in [0.5, 0.6) is 0 Å². The molecule has 2 N–H and O–H groups in total. The summed E-state index contributed by atoms with van der Waals surface area (Å²) >= 11 is 0. The minimum absolute atomic E-state index is 0.0853. The van der Waals surface area contributed by atoms with E-state index in [9.17, 15) is 9.59 Å². The van der Waals surface area contributed by atoms with Crippen LogP contribution < -0.4 is 5.32 Å². The molecular formula is C13H16N2O4. The molecule has 0 spiro atoms. The number of rotatable bonds is 3. The molecule has 1 aliphatic heterocycles. The fraction of sp³-hybridized carbons (Fsp3) is 0.462. The molecule has 19 heavy (non-hydrogen) atoms. The molecule has 0 aromatic carbocycles. The molecule has 2 heterocycles. The quantitative estimate of drug-likeness (QED) is 0.861. The van der Waals surface area contributed by atoms with Crippen LogP contribution in [-0.2, 0) is 9.53 Å². The van der Waals surface area contributed by atoms with Gasteiger partial charge in [0.2, 0.25) is 5.91 Å². The van der Waals surface area contributed by atoms with Crippen LogP contribution in [0.2, 0.25) is 0 Å². The largest absolute Gasteiger partial charge is 0.477 e. The number of pyridine rings is 1. The van der Waals surface area contributed by atoms with E-state index in [1.807, 2.05) is 6.92 Å². The van der Waals surface area contributed by atoms with E-state index in [4.69, 9.17) is 9.84 Å². The molecule has 1 fully saturated rings. The molecule has 0 saturated carbocycles. The topological polar surface area (TPSA) is 88.5 Å². The number of amides is 1. The zero-order chi connectivity index (χ0) is 13.8. The van der Waals surface area contributed by atoms with Crippen LogP contribution in [0.25, 0.3) is 0 Å². The van der Waals surface area contributed by atoms with Gasteiger partial charge in [-0.15, -0.1) is 0 Å². The second-order valence-electron chi connectivity index (χ2n) is 4.67. The summed E-state index contributed by atoms with van der Waals surface area (Å²) < 4.78 is 5.30. The Morgan fingerprint density at radius 2 is 2.32 bits per heavy atom. The standard InChI is InChI=1S/C13H16N2O4/c1-8-7-19-5-3-10(8)12(16)15-9-2-4-14-11(6-9)13(17)18/h2,4,6,8,10H,3,5,7H2,1H3,(H,17,18)(H,14,15,16). The molecule has 1 aliphatic rings. The predicted octanol–water partition coefficient (Wildman–Crippen LogP) is 1.39. The number of carboxylic acids is 1. The average Bonchev–Trinajstić information content (AvgIpc) is 2.39. The number of aromatic nitrogens is 1. The van der Waals surface area contributed by atoms with Crippen LogP contribution in [0, 0.1) is 11.8 Å². The van der Waals surface area contributed by atoms with Gasteiger partial charge < -0.3 is 15.2 Å². The molecule has 2 unspecified atom stereocenters. The third kappa shape index (κ3) is 3.29. The van der Waals surface area contributed by atoms with Gasteiger partial charge in [0.25, 0.3) is 0 Å². The first kappa shape index (κ1) is 13.5. The molecule has 0 bridgehead atoms. The summed E-state index contributed by atoms with van der Waals surface area (Å²) in [5.41, 5.74) is 0.369. The summed E-state index contributed by atoms with van der Waals surface area (Å²) in [6.07, 6.45) is 2.05. The number of anilines is 1. The maximum Gasteiger partial charge on any atom is 0.354 e. The highest BCUT2D eigenvalue weighted by Crippen LogP contribution is 2.23. The highest BCUT2D eigenvalue weighted by atomic mass is 16.5. The van der Waals surface area contributed by atoms with E-state index in [0.717, 1.165) is 0 Å². The number of nitrogens with zero attached hydrogens (tertiary/aromatic N) is 1. The zero-order valence-corrected chi connectivity index (χ0v) is 10.6. The fourth-order valence-corrected chi connectivity index (χ4v) is 2.13. The molecule has 102 valence electrons. The molecule has 0 aliphatic carbocycles. The molecule has 0 radical (unpaired) electrons. The molecule has 2 atom stereocenters. The summed E-state index contributed by atoms with van der Waals surface area (Å²) in [4.78, 5) is 26.6. The van der Waals surface area contributed by atoms with E-state index in [2.05, 4.69) is 10.3 Å². The van der Waals surface area contributed by atoms with Crippen LogP contribution in [0.3, 0.4) is 0 Å². The Morgan fingerprint density at radius 3 is 3.00 bits per heavy atom. The normalized spacial score (nSPS) is 22.8. The maximum atomic E-state index is 12.1. The van der Waals surface area contributed by atoms with Crippen molar-refractivity contribution in [3.63, 3.8) is 0 Å². The monoisotopic (exact) mass is 264 g/mol. The van der Waals surface area contributed by atoms with Crippen molar-refractivity contribution >= 4 is 17.6 Å². The van der Waals surface area contributed by atoms with E-state index in [-0.39, 0.29) is 23.4 Å². The predicted molar refractivity (Wildman–Crippen MR) is 67.9 cm³/mol. The van der Waals surface area contributed by atoms with Crippen molar-refractivity contribution in [1.82, 2.24) is 4.98 Å². The van der Waals surface area contributed by atoms with E-state index in [1.54, 1.807) is 6.07 Å². The Labute approximate surface area is 110 Å². The maximum absolute atomic E-state index is 12.1. The Bertz CT molecular complexity index is 489. The molecule has 6 nitrogen and oxygen atoms in total. The molecule has 2 rings (SSSR count). The van der Waals surface area contributed by atoms with Crippen LogP contribution in [-0.4, -0.2) is 35.2 Å². The summed E-state index contributed by atoms with van der Waals surface area (Å²) in [5.74, 6) is -1.15. The summed E-state index contributed by atoms with van der Waals surface area (Å²) in [7, 11) is 0. The second kappa shape index (κ2) is 5.79. The number of carbonyl (C=O) groups is 2. The van der Waals surface area contributed by atoms with Crippen molar-refractivity contribution in [3.8, 4) is 0 Å². The van der Waals surface area contributed by atoms with Gasteiger partial charge in [0.05, 0.1) is 0 Å². The smallest absolute Gasteiger partial charge is 0.354 e. The molecule has 1 aromatic rings. The Morgan fingerprint density at radius 1 is 1.53 bits per heavy atom. The van der Waals surface area contributed by atoms with Gasteiger partial charge >= 0.3 is 5.97 Å². The van der Waals surface area contributed by atoms with Gasteiger partial charge in [-0.25, -0.2) is 9.78 Å². The first-order valence-corrected chi connectivity index (χ1v) is 6.16. The SMILES string of the molecule is CC1COCCC1C(=O)Nc1ccnc(C(=O)O)c1. The zero-order valence-electron chi connectivity index (χ0n) is 10.6. The summed E-state index contributed by atoms with van der Waals surface area (Å²) in [6, 6.07) is 2.93. The Hall–Kier alpha value is -1.95. The average molecular weight is 264 g/mol. The number of carboxylic acid groups (broad SMARTS) is 1. The highest BCUT2D eigenvalue weighted by molar-refractivity contribution is 5.94. The molecule has 1 aromatic heterocycles. The third-order valence-electron chi connectivity index (χ3n) is 3.22. The van der Waals surface area contributed by atoms with Crippen molar-refractivity contribution < 1.29 is 19.4 Å². The van der Waals surface area contributed by atoms with E-state index in [0.29, 0.717) is 25.3 Å². The van der Waals surface area contributed by atoms with Crippen molar-refractivity contribution in [2.75, 3.05) is 18.5 Å². The lowest BCUT2D eigenvalue weighted by Crippen LogP contribution is -2.35. The number of hydrogen-bond acceptors (Lipinski definition) is 4. The van der Waals surface area contributed by atoms with Crippen molar-refractivity contribution in [3.05, 3.63) is 24.0 Å². The van der Waals surface area contributed by atoms with E-state index < -0.39 is 5.97 Å². The third-order valence-corrected chi connectivity index (χ3v) is 3.22. The molecular weight excluding hydrogens is 248 g/mol. The molecule has 1 amide bonds. The van der Waals surface area contributed by atoms with Gasteiger partial charge in [-0.2, -0.15) is 0 Å². The number of carbonyl (C=O) groups excluding carboxylic acids is 1. The fourth-order valence-electron chi connectivity index (χ4n) is 2.13. The van der Waals surface area contributed by atoms with Crippen LogP contribution in [0.4, 0.5) is 5.69 Å². The lowest BCUT2D eigenvalue weighted by atomic mass is 9.89. The second-order valence-corrected chi connectivity index (χ2v) is 4.67. The van der Waals surface area contributed by atoms with Gasteiger partial charge in [-0.1, -0.05) is 6.92 Å². The van der Waals surface area contributed by atoms with Crippen molar-refractivity contribution in [2.24, 2.45) is 11.8 Å². The van der Waals surface area contributed by atoms with E-state index in [1.165, 1.54) is 12.3 Å². The minimum atomic E-state index is -1.12.